The van der Waals surface area contributed by atoms with Crippen LogP contribution in [0, 0.1) is 6.92 Å². The minimum absolute atomic E-state index is 0.330. The minimum Gasteiger partial charge on any atom is -0.307 e. The molecule has 0 atom stereocenters. The van der Waals surface area contributed by atoms with Crippen LogP contribution >= 0.6 is 11.6 Å². The predicted octanol–water partition coefficient (Wildman–Crippen LogP) is 3.03. The van der Waals surface area contributed by atoms with Crippen molar-refractivity contribution < 1.29 is 4.79 Å². The predicted molar refractivity (Wildman–Crippen MR) is 72.0 cm³/mol. The molecule has 0 aliphatic heterocycles. The first-order chi connectivity index (χ1) is 8.56. The van der Waals surface area contributed by atoms with E-state index in [-0.39, 0.29) is 6.03 Å². The summed E-state index contributed by atoms with van der Waals surface area (Å²) < 4.78 is 1.57. The molecule has 18 heavy (non-hydrogen) atoms. The normalized spacial score (nSPS) is 10.2. The van der Waals surface area contributed by atoms with Gasteiger partial charge >= 0.3 is 6.03 Å². The maximum atomic E-state index is 11.8. The third-order valence-electron chi connectivity index (χ3n) is 2.51. The zero-order valence-electron chi connectivity index (χ0n) is 10.1. The average molecular weight is 265 g/mol. The number of nitrogens with one attached hydrogen (secondary N) is 2. The van der Waals surface area contributed by atoms with Gasteiger partial charge in [0.1, 0.15) is 5.82 Å². The molecule has 0 aliphatic rings. The third-order valence-corrected chi connectivity index (χ3v) is 2.75. The summed E-state index contributed by atoms with van der Waals surface area (Å²) in [6, 6.07) is 6.72. The maximum Gasteiger partial charge on any atom is 0.324 e. The Balaban J connectivity index is 2.08. The van der Waals surface area contributed by atoms with Gasteiger partial charge in [-0.2, -0.15) is 5.10 Å². The van der Waals surface area contributed by atoms with Crippen molar-refractivity contribution in [3.05, 3.63) is 41.0 Å². The number of anilines is 2. The quantitative estimate of drug-likeness (QED) is 0.876. The summed E-state index contributed by atoms with van der Waals surface area (Å²) in [6.07, 6.45) is 1.61. The van der Waals surface area contributed by atoms with Crippen LogP contribution in [0.1, 0.15) is 5.56 Å². The van der Waals surface area contributed by atoms with Gasteiger partial charge in [0.2, 0.25) is 0 Å². The van der Waals surface area contributed by atoms with Crippen LogP contribution in [0.5, 0.6) is 0 Å². The zero-order chi connectivity index (χ0) is 13.1. The highest BCUT2D eigenvalue weighted by Crippen LogP contribution is 2.20. The van der Waals surface area contributed by atoms with Crippen LogP contribution in [0.3, 0.4) is 0 Å². The van der Waals surface area contributed by atoms with Crippen molar-refractivity contribution in [2.45, 2.75) is 6.92 Å². The Bertz CT molecular complexity index is 579. The van der Waals surface area contributed by atoms with Gasteiger partial charge in [-0.3, -0.25) is 10.00 Å². The highest BCUT2D eigenvalue weighted by Gasteiger charge is 2.07. The Morgan fingerprint density at radius 1 is 1.33 bits per heavy atom. The monoisotopic (exact) mass is 264 g/mol. The topological polar surface area (TPSA) is 59.0 Å². The molecule has 1 aromatic heterocycles. The Kier molecular flexibility index (Phi) is 3.53. The molecule has 6 heteroatoms. The highest BCUT2D eigenvalue weighted by molar-refractivity contribution is 6.31. The molecule has 2 amide bonds. The second kappa shape index (κ2) is 5.10. The van der Waals surface area contributed by atoms with E-state index in [0.717, 1.165) is 5.56 Å². The molecule has 5 nitrogen and oxygen atoms in total. The molecule has 0 aliphatic carbocycles. The van der Waals surface area contributed by atoms with E-state index in [0.29, 0.717) is 16.5 Å². The van der Waals surface area contributed by atoms with Gasteiger partial charge in [0.15, 0.2) is 0 Å². The number of carbonyl (C=O) groups is 1. The van der Waals surface area contributed by atoms with Crippen molar-refractivity contribution in [1.82, 2.24) is 9.78 Å². The Hall–Kier alpha value is -2.01. The molecular weight excluding hydrogens is 252 g/mol. The van der Waals surface area contributed by atoms with Crippen LogP contribution in [-0.2, 0) is 7.05 Å². The van der Waals surface area contributed by atoms with E-state index < -0.39 is 0 Å². The lowest BCUT2D eigenvalue weighted by Crippen LogP contribution is -2.21. The summed E-state index contributed by atoms with van der Waals surface area (Å²) in [5.74, 6) is 0.618. The number of benzene rings is 1. The number of hydrogen-bond acceptors (Lipinski definition) is 2. The summed E-state index contributed by atoms with van der Waals surface area (Å²) >= 11 is 5.88. The SMILES string of the molecule is Cc1ccc(Cl)cc1NC(=O)Nc1ccnn1C. The number of aromatic nitrogens is 2. The highest BCUT2D eigenvalue weighted by atomic mass is 35.5. The van der Waals surface area contributed by atoms with Gasteiger partial charge in [-0.05, 0) is 24.6 Å². The van der Waals surface area contributed by atoms with E-state index in [2.05, 4.69) is 15.7 Å². The summed E-state index contributed by atoms with van der Waals surface area (Å²) in [4.78, 5) is 11.8. The Morgan fingerprint density at radius 3 is 2.78 bits per heavy atom. The molecule has 2 N–H and O–H groups in total. The van der Waals surface area contributed by atoms with Gasteiger partial charge in [0.05, 0.1) is 6.20 Å². The first-order valence-corrected chi connectivity index (χ1v) is 5.76. The fourth-order valence-corrected chi connectivity index (χ4v) is 1.67. The number of carbonyl (C=O) groups excluding carboxylic acids is 1. The van der Waals surface area contributed by atoms with Crippen LogP contribution in [0.4, 0.5) is 16.3 Å². The van der Waals surface area contributed by atoms with Gasteiger partial charge in [-0.1, -0.05) is 17.7 Å². The third kappa shape index (κ3) is 2.81. The van der Waals surface area contributed by atoms with E-state index in [1.807, 2.05) is 13.0 Å². The van der Waals surface area contributed by atoms with Crippen molar-refractivity contribution in [2.24, 2.45) is 7.05 Å². The van der Waals surface area contributed by atoms with Gasteiger partial charge in [0, 0.05) is 23.8 Å². The summed E-state index contributed by atoms with van der Waals surface area (Å²) in [7, 11) is 1.75. The smallest absolute Gasteiger partial charge is 0.307 e. The number of aryl methyl sites for hydroxylation is 2. The van der Waals surface area contributed by atoms with Crippen molar-refractivity contribution in [1.29, 1.82) is 0 Å². The first kappa shape index (κ1) is 12.4. The van der Waals surface area contributed by atoms with Crippen molar-refractivity contribution in [2.75, 3.05) is 10.6 Å². The van der Waals surface area contributed by atoms with E-state index in [1.165, 1.54) is 0 Å². The number of hydrogen-bond donors (Lipinski definition) is 2. The van der Waals surface area contributed by atoms with E-state index >= 15 is 0 Å². The molecule has 2 aromatic rings. The van der Waals surface area contributed by atoms with Crippen LogP contribution < -0.4 is 10.6 Å². The molecule has 2 rings (SSSR count). The fraction of sp³-hybridized carbons (Fsp3) is 0.167. The van der Waals surface area contributed by atoms with Crippen LogP contribution in [0.2, 0.25) is 5.02 Å². The number of urea groups is 1. The van der Waals surface area contributed by atoms with Crippen LogP contribution in [0.25, 0.3) is 0 Å². The second-order valence-corrected chi connectivity index (χ2v) is 4.31. The number of halogens is 1. The van der Waals surface area contributed by atoms with Gasteiger partial charge in [-0.25, -0.2) is 4.79 Å². The summed E-state index contributed by atoms with van der Waals surface area (Å²) in [5, 5.41) is 9.98. The molecule has 1 aromatic carbocycles. The first-order valence-electron chi connectivity index (χ1n) is 5.38. The molecule has 0 saturated carbocycles. The van der Waals surface area contributed by atoms with Crippen molar-refractivity contribution in [3.8, 4) is 0 Å². The average Bonchev–Trinajstić information content (AvgIpc) is 2.70. The van der Waals surface area contributed by atoms with E-state index in [9.17, 15) is 4.79 Å². The van der Waals surface area contributed by atoms with Crippen molar-refractivity contribution >= 4 is 29.1 Å². The Labute approximate surface area is 110 Å². The lowest BCUT2D eigenvalue weighted by Gasteiger charge is -2.10. The molecule has 1 heterocycles. The molecule has 0 saturated heterocycles. The molecule has 0 radical (unpaired) electrons. The maximum absolute atomic E-state index is 11.8. The standard InChI is InChI=1S/C12H13ClN4O/c1-8-3-4-9(13)7-10(8)15-12(18)16-11-5-6-14-17(11)2/h3-7H,1-2H3,(H2,15,16,18). The van der Waals surface area contributed by atoms with Crippen LogP contribution in [-0.4, -0.2) is 15.8 Å². The second-order valence-electron chi connectivity index (χ2n) is 3.88. The largest absolute Gasteiger partial charge is 0.324 e. The number of rotatable bonds is 2. The van der Waals surface area contributed by atoms with E-state index in [4.69, 9.17) is 11.6 Å². The summed E-state index contributed by atoms with van der Waals surface area (Å²) in [6.45, 7) is 1.90. The molecule has 0 spiro atoms. The van der Waals surface area contributed by atoms with Gasteiger partial charge in [-0.15, -0.1) is 0 Å². The zero-order valence-corrected chi connectivity index (χ0v) is 10.8. The number of nitrogens with zero attached hydrogens (tertiary/aromatic N) is 2. The van der Waals surface area contributed by atoms with E-state index in [1.54, 1.807) is 36.1 Å². The molecule has 0 bridgehead atoms. The lowest BCUT2D eigenvalue weighted by atomic mass is 10.2. The minimum atomic E-state index is -0.330. The molecule has 0 unspecified atom stereocenters. The molecule has 94 valence electrons. The number of amides is 2. The van der Waals surface area contributed by atoms with Gasteiger partial charge < -0.3 is 5.32 Å². The van der Waals surface area contributed by atoms with Gasteiger partial charge in [0.25, 0.3) is 0 Å². The van der Waals surface area contributed by atoms with Crippen molar-refractivity contribution in [3.63, 3.8) is 0 Å². The summed E-state index contributed by atoms with van der Waals surface area (Å²) in [5.41, 5.74) is 1.63. The Morgan fingerprint density at radius 2 is 2.11 bits per heavy atom. The molecular formula is C12H13ClN4O. The molecule has 0 fully saturated rings. The lowest BCUT2D eigenvalue weighted by molar-refractivity contribution is 0.262. The fourth-order valence-electron chi connectivity index (χ4n) is 1.50. The van der Waals surface area contributed by atoms with Crippen LogP contribution in [0.15, 0.2) is 30.5 Å².